The van der Waals surface area contributed by atoms with Crippen LogP contribution in [0, 0.1) is 5.92 Å². The molecule has 4 N–H and O–H groups in total. The molecule has 0 aliphatic rings. The molecule has 1 unspecified atom stereocenters. The zero-order valence-electron chi connectivity index (χ0n) is 15.4. The van der Waals surface area contributed by atoms with E-state index in [0.29, 0.717) is 5.92 Å². The minimum absolute atomic E-state index is 0.232. The van der Waals surface area contributed by atoms with Crippen LogP contribution in [0.25, 0.3) is 11.0 Å². The fourth-order valence-electron chi connectivity index (χ4n) is 2.90. The third kappa shape index (κ3) is 6.38. The third-order valence-corrected chi connectivity index (χ3v) is 4.18. The van der Waals surface area contributed by atoms with Crippen LogP contribution in [-0.2, 0) is 6.42 Å². The van der Waals surface area contributed by atoms with Crippen LogP contribution in [0.1, 0.15) is 38.9 Å². The van der Waals surface area contributed by atoms with Crippen LogP contribution in [0.15, 0.2) is 29.3 Å². The lowest BCUT2D eigenvalue weighted by Gasteiger charge is -2.15. The van der Waals surface area contributed by atoms with Gasteiger partial charge in [-0.2, -0.15) is 0 Å². The van der Waals surface area contributed by atoms with Gasteiger partial charge in [0.1, 0.15) is 5.82 Å². The number of aliphatic hydroxyl groups excluding tert-OH is 1. The molecule has 0 aliphatic heterocycles. The molecule has 1 heterocycles. The Labute approximate surface area is 150 Å². The third-order valence-electron chi connectivity index (χ3n) is 4.18. The fraction of sp³-hybridized carbons (Fsp3) is 0.579. The monoisotopic (exact) mass is 345 g/mol. The number of hydrogen-bond acceptors (Lipinski definition) is 3. The van der Waals surface area contributed by atoms with Crippen LogP contribution in [0.3, 0.4) is 0 Å². The molecule has 0 fully saturated rings. The van der Waals surface area contributed by atoms with Crippen molar-refractivity contribution >= 4 is 17.0 Å². The largest absolute Gasteiger partial charge is 0.396 e. The SMILES string of the molecule is CCCC(CCO)CN=C(NCC)NCCc1nc2ccccc2[nH]1. The second-order valence-corrected chi connectivity index (χ2v) is 6.26. The van der Waals surface area contributed by atoms with Crippen molar-refractivity contribution in [2.24, 2.45) is 10.9 Å². The van der Waals surface area contributed by atoms with Gasteiger partial charge >= 0.3 is 0 Å². The van der Waals surface area contributed by atoms with Crippen molar-refractivity contribution in [1.82, 2.24) is 20.6 Å². The van der Waals surface area contributed by atoms with Gasteiger partial charge in [0, 0.05) is 32.7 Å². The van der Waals surface area contributed by atoms with Gasteiger partial charge in [-0.3, -0.25) is 4.99 Å². The Hall–Kier alpha value is -2.08. The Kier molecular flexibility index (Phi) is 8.25. The summed E-state index contributed by atoms with van der Waals surface area (Å²) in [5.74, 6) is 2.26. The topological polar surface area (TPSA) is 85.3 Å². The van der Waals surface area contributed by atoms with Crippen molar-refractivity contribution in [3.05, 3.63) is 30.1 Å². The Bertz CT molecular complexity index is 613. The molecule has 0 spiro atoms. The number of hydrogen-bond donors (Lipinski definition) is 4. The number of fused-ring (bicyclic) bond motifs is 1. The minimum atomic E-state index is 0.232. The van der Waals surface area contributed by atoms with Gasteiger partial charge in [0.05, 0.1) is 11.0 Å². The first-order valence-electron chi connectivity index (χ1n) is 9.33. The van der Waals surface area contributed by atoms with E-state index in [1.165, 1.54) is 0 Å². The molecule has 0 aliphatic carbocycles. The molecule has 6 nitrogen and oxygen atoms in total. The van der Waals surface area contributed by atoms with Crippen molar-refractivity contribution in [3.8, 4) is 0 Å². The smallest absolute Gasteiger partial charge is 0.191 e. The molecule has 2 rings (SSSR count). The summed E-state index contributed by atoms with van der Waals surface area (Å²) in [7, 11) is 0. The average Bonchev–Trinajstić information content (AvgIpc) is 3.02. The Balaban J connectivity index is 1.86. The normalized spacial score (nSPS) is 13.2. The molecule has 1 aromatic carbocycles. The van der Waals surface area contributed by atoms with E-state index >= 15 is 0 Å². The molecule has 2 aromatic rings. The predicted molar refractivity (Wildman–Crippen MR) is 104 cm³/mol. The van der Waals surface area contributed by atoms with Gasteiger partial charge in [0.15, 0.2) is 5.96 Å². The average molecular weight is 345 g/mol. The quantitative estimate of drug-likeness (QED) is 0.394. The highest BCUT2D eigenvalue weighted by Crippen LogP contribution is 2.11. The zero-order valence-corrected chi connectivity index (χ0v) is 15.4. The number of rotatable bonds is 10. The molecule has 138 valence electrons. The molecule has 1 aromatic heterocycles. The molecule has 6 heteroatoms. The van der Waals surface area contributed by atoms with Gasteiger partial charge in [0.25, 0.3) is 0 Å². The van der Waals surface area contributed by atoms with Crippen molar-refractivity contribution in [2.75, 3.05) is 26.2 Å². The van der Waals surface area contributed by atoms with Gasteiger partial charge in [-0.15, -0.1) is 0 Å². The number of guanidine groups is 1. The number of aromatic nitrogens is 2. The Morgan fingerprint density at radius 1 is 1.24 bits per heavy atom. The van der Waals surface area contributed by atoms with Crippen LogP contribution in [-0.4, -0.2) is 47.3 Å². The summed E-state index contributed by atoms with van der Waals surface area (Å²) in [4.78, 5) is 12.6. The van der Waals surface area contributed by atoms with Gasteiger partial charge in [0.2, 0.25) is 0 Å². The van der Waals surface area contributed by atoms with Gasteiger partial charge < -0.3 is 20.7 Å². The van der Waals surface area contributed by atoms with Gasteiger partial charge in [-0.05, 0) is 37.8 Å². The maximum absolute atomic E-state index is 9.17. The van der Waals surface area contributed by atoms with Crippen LogP contribution < -0.4 is 10.6 Å². The second kappa shape index (κ2) is 10.7. The van der Waals surface area contributed by atoms with Crippen LogP contribution in [0.5, 0.6) is 0 Å². The van der Waals surface area contributed by atoms with E-state index in [2.05, 4.69) is 39.4 Å². The van der Waals surface area contributed by atoms with Crippen LogP contribution in [0.2, 0.25) is 0 Å². The number of H-pyrrole nitrogens is 1. The van der Waals surface area contributed by atoms with Gasteiger partial charge in [-0.1, -0.05) is 25.5 Å². The number of aliphatic hydroxyl groups is 1. The number of para-hydroxylation sites is 2. The first-order valence-corrected chi connectivity index (χ1v) is 9.33. The summed E-state index contributed by atoms with van der Waals surface area (Å²) in [6.45, 7) is 6.81. The molecular weight excluding hydrogens is 314 g/mol. The molecule has 0 amide bonds. The van der Waals surface area contributed by atoms with Crippen LogP contribution >= 0.6 is 0 Å². The Morgan fingerprint density at radius 2 is 2.08 bits per heavy atom. The predicted octanol–water partition coefficient (Wildman–Crippen LogP) is 2.46. The van der Waals surface area contributed by atoms with E-state index in [0.717, 1.165) is 68.1 Å². The number of aromatic amines is 1. The molecule has 0 bridgehead atoms. The van der Waals surface area contributed by atoms with Crippen molar-refractivity contribution in [1.29, 1.82) is 0 Å². The van der Waals surface area contributed by atoms with E-state index < -0.39 is 0 Å². The minimum Gasteiger partial charge on any atom is -0.396 e. The lowest BCUT2D eigenvalue weighted by molar-refractivity contribution is 0.253. The molecule has 0 saturated heterocycles. The number of benzene rings is 1. The van der Waals surface area contributed by atoms with Crippen molar-refractivity contribution in [3.63, 3.8) is 0 Å². The second-order valence-electron chi connectivity index (χ2n) is 6.26. The lowest BCUT2D eigenvalue weighted by atomic mass is 10.0. The lowest BCUT2D eigenvalue weighted by Crippen LogP contribution is -2.38. The standard InChI is InChI=1S/C19H31N5O/c1-3-7-15(11-13-25)14-22-19(20-4-2)21-12-10-18-23-16-8-5-6-9-17(16)24-18/h5-6,8-9,15,25H,3-4,7,10-14H2,1-2H3,(H,23,24)(H2,20,21,22). The summed E-state index contributed by atoms with van der Waals surface area (Å²) in [5, 5.41) is 15.8. The van der Waals surface area contributed by atoms with Crippen molar-refractivity contribution in [2.45, 2.75) is 39.5 Å². The van der Waals surface area contributed by atoms with E-state index in [9.17, 15) is 0 Å². The molecule has 0 radical (unpaired) electrons. The van der Waals surface area contributed by atoms with E-state index in [4.69, 9.17) is 5.11 Å². The molecular formula is C19H31N5O. The molecule has 25 heavy (non-hydrogen) atoms. The summed E-state index contributed by atoms with van der Waals surface area (Å²) in [6.07, 6.45) is 3.85. The van der Waals surface area contributed by atoms with Crippen molar-refractivity contribution < 1.29 is 5.11 Å². The Morgan fingerprint density at radius 3 is 2.80 bits per heavy atom. The van der Waals surface area contributed by atoms with Gasteiger partial charge in [-0.25, -0.2) is 4.98 Å². The maximum Gasteiger partial charge on any atom is 0.191 e. The molecule has 0 saturated carbocycles. The number of aliphatic imine (C=N–C) groups is 1. The fourth-order valence-corrected chi connectivity index (χ4v) is 2.90. The first kappa shape index (κ1) is 19.2. The van der Waals surface area contributed by atoms with E-state index in [1.807, 2.05) is 24.3 Å². The summed E-state index contributed by atoms with van der Waals surface area (Å²) >= 11 is 0. The highest BCUT2D eigenvalue weighted by molar-refractivity contribution is 5.79. The number of nitrogens with one attached hydrogen (secondary N) is 3. The highest BCUT2D eigenvalue weighted by Gasteiger charge is 2.07. The van der Waals surface area contributed by atoms with E-state index in [-0.39, 0.29) is 6.61 Å². The number of nitrogens with zero attached hydrogens (tertiary/aromatic N) is 2. The number of imidazole rings is 1. The summed E-state index contributed by atoms with van der Waals surface area (Å²) < 4.78 is 0. The highest BCUT2D eigenvalue weighted by atomic mass is 16.3. The first-order chi connectivity index (χ1) is 12.3. The van der Waals surface area contributed by atoms with Crippen LogP contribution in [0.4, 0.5) is 0 Å². The molecule has 1 atom stereocenters. The zero-order chi connectivity index (χ0) is 17.9. The van der Waals surface area contributed by atoms with E-state index in [1.54, 1.807) is 0 Å². The summed E-state index contributed by atoms with van der Waals surface area (Å²) in [5.41, 5.74) is 2.08. The maximum atomic E-state index is 9.17. The summed E-state index contributed by atoms with van der Waals surface area (Å²) in [6, 6.07) is 8.07.